The highest BCUT2D eigenvalue weighted by Gasteiger charge is 2.40. The van der Waals surface area contributed by atoms with Gasteiger partial charge in [-0.15, -0.1) is 0 Å². The van der Waals surface area contributed by atoms with Crippen molar-refractivity contribution in [2.24, 2.45) is 0 Å². The number of hydrogen-bond donors (Lipinski definition) is 3. The van der Waals surface area contributed by atoms with E-state index < -0.39 is 18.2 Å². The highest BCUT2D eigenvalue weighted by Crippen LogP contribution is 2.35. The molecular weight excluding hydrogens is 639 g/mol. The topological polar surface area (TPSA) is 118 Å². The largest absolute Gasteiger partial charge is 0.482 e. The van der Waals surface area contributed by atoms with Crippen LogP contribution in [0.25, 0.3) is 0 Å². The van der Waals surface area contributed by atoms with E-state index in [9.17, 15) is 19.8 Å². The maximum Gasteiger partial charge on any atom is 0.247 e. The van der Waals surface area contributed by atoms with Crippen molar-refractivity contribution < 1.29 is 34.0 Å². The van der Waals surface area contributed by atoms with E-state index >= 15 is 0 Å². The standard InChI is InChI=1S/C31H39IN2O7/c1-2-3-4-5-6-11-29(36)34(19-21-12-13-26-27(16-21)40-20-39-26)24-17-22(31(38)33-14-15-35)18-28(30(24)37)41-25-10-8-7-9-23(25)32/h7-10,12-13,16,18,24,28,30,35,37H,2-6,11,14-15,17,19-20H2,1H3,(H,33,38)/t24-,28+,30+/m1/s1. The predicted octanol–water partition coefficient (Wildman–Crippen LogP) is 4.32. The van der Waals surface area contributed by atoms with Gasteiger partial charge >= 0.3 is 0 Å². The number of nitrogens with one attached hydrogen (secondary N) is 1. The summed E-state index contributed by atoms with van der Waals surface area (Å²) in [5.74, 6) is 1.39. The average Bonchev–Trinajstić information content (AvgIpc) is 3.45. The van der Waals surface area contributed by atoms with Crippen LogP contribution < -0.4 is 19.5 Å². The van der Waals surface area contributed by atoms with Crippen LogP contribution in [-0.4, -0.2) is 65.1 Å². The van der Waals surface area contributed by atoms with Gasteiger partial charge in [0.2, 0.25) is 18.6 Å². The van der Waals surface area contributed by atoms with Crippen molar-refractivity contribution in [3.63, 3.8) is 0 Å². The van der Waals surface area contributed by atoms with Gasteiger partial charge in [0, 0.05) is 31.5 Å². The number of halogens is 1. The molecule has 0 saturated carbocycles. The number of unbranched alkanes of at least 4 members (excludes halogenated alkanes) is 4. The summed E-state index contributed by atoms with van der Waals surface area (Å²) in [5, 5.41) is 23.6. The lowest BCUT2D eigenvalue weighted by Crippen LogP contribution is -2.54. The molecule has 0 radical (unpaired) electrons. The van der Waals surface area contributed by atoms with E-state index in [1.54, 1.807) is 11.0 Å². The first-order chi connectivity index (χ1) is 19.9. The Morgan fingerprint density at radius 2 is 1.88 bits per heavy atom. The van der Waals surface area contributed by atoms with Crippen molar-refractivity contribution in [1.29, 1.82) is 0 Å². The number of para-hydroxylation sites is 1. The molecule has 0 bridgehead atoms. The van der Waals surface area contributed by atoms with Crippen LogP contribution in [0.1, 0.15) is 57.4 Å². The molecule has 1 heterocycles. The number of carbonyl (C=O) groups is 2. The summed E-state index contributed by atoms with van der Waals surface area (Å²) in [7, 11) is 0. The quantitative estimate of drug-likeness (QED) is 0.201. The first kappa shape index (κ1) is 31.1. The van der Waals surface area contributed by atoms with Gasteiger partial charge in [-0.1, -0.05) is 50.8 Å². The molecule has 2 aliphatic rings. The molecule has 9 nitrogen and oxygen atoms in total. The van der Waals surface area contributed by atoms with Crippen LogP contribution in [0.5, 0.6) is 17.2 Å². The summed E-state index contributed by atoms with van der Waals surface area (Å²) in [5.41, 5.74) is 1.23. The molecule has 222 valence electrons. The Hall–Kier alpha value is -2.83. The lowest BCUT2D eigenvalue weighted by molar-refractivity contribution is -0.139. The minimum absolute atomic E-state index is 0.0896. The Balaban J connectivity index is 1.63. The fraction of sp³-hybridized carbons (Fsp3) is 0.484. The number of aliphatic hydroxyl groups excluding tert-OH is 2. The van der Waals surface area contributed by atoms with E-state index in [4.69, 9.17) is 14.2 Å². The highest BCUT2D eigenvalue weighted by atomic mass is 127. The molecule has 1 aliphatic heterocycles. The van der Waals surface area contributed by atoms with Crippen LogP contribution in [-0.2, 0) is 16.1 Å². The number of hydrogen-bond acceptors (Lipinski definition) is 7. The number of ether oxygens (including phenoxy) is 3. The summed E-state index contributed by atoms with van der Waals surface area (Å²) < 4.78 is 18.1. The van der Waals surface area contributed by atoms with Crippen LogP contribution in [0.2, 0.25) is 0 Å². The van der Waals surface area contributed by atoms with Crippen LogP contribution in [0.3, 0.4) is 0 Å². The van der Waals surface area contributed by atoms with Gasteiger partial charge in [-0.2, -0.15) is 0 Å². The fourth-order valence-corrected chi connectivity index (χ4v) is 5.63. The van der Waals surface area contributed by atoms with Gasteiger partial charge in [0.15, 0.2) is 11.5 Å². The van der Waals surface area contributed by atoms with Crippen molar-refractivity contribution in [2.75, 3.05) is 19.9 Å². The van der Waals surface area contributed by atoms with Gasteiger partial charge in [-0.25, -0.2) is 0 Å². The number of fused-ring (bicyclic) bond motifs is 1. The van der Waals surface area contributed by atoms with Gasteiger partial charge in [-0.05, 0) is 64.9 Å². The van der Waals surface area contributed by atoms with Crippen molar-refractivity contribution in [2.45, 2.75) is 76.7 Å². The van der Waals surface area contributed by atoms with Crippen molar-refractivity contribution in [3.8, 4) is 17.2 Å². The molecule has 2 aromatic carbocycles. The molecule has 10 heteroatoms. The molecular formula is C31H39IN2O7. The van der Waals surface area contributed by atoms with Gasteiger partial charge in [0.05, 0.1) is 16.2 Å². The number of carbonyl (C=O) groups excluding carboxylic acids is 2. The third-order valence-electron chi connectivity index (χ3n) is 7.32. The van der Waals surface area contributed by atoms with E-state index in [0.29, 0.717) is 29.2 Å². The smallest absolute Gasteiger partial charge is 0.247 e. The normalized spacial score (nSPS) is 19.4. The molecule has 3 atom stereocenters. The van der Waals surface area contributed by atoms with E-state index in [-0.39, 0.29) is 44.7 Å². The van der Waals surface area contributed by atoms with Crippen molar-refractivity contribution >= 4 is 34.4 Å². The van der Waals surface area contributed by atoms with Gasteiger partial charge < -0.3 is 34.6 Å². The molecule has 0 spiro atoms. The second kappa shape index (κ2) is 15.4. The summed E-state index contributed by atoms with van der Waals surface area (Å²) in [6.07, 6.45) is 5.20. The van der Waals surface area contributed by atoms with E-state index in [1.165, 1.54) is 0 Å². The molecule has 3 N–H and O–H groups in total. The van der Waals surface area contributed by atoms with Crippen LogP contribution in [0.15, 0.2) is 54.1 Å². The maximum absolute atomic E-state index is 13.8. The Labute approximate surface area is 255 Å². The minimum atomic E-state index is -1.08. The molecule has 0 unspecified atom stereocenters. The SMILES string of the molecule is CCCCCCCC(=O)N(Cc1ccc2c(c1)OCO2)[C@@H]1CC(C(=O)NCCO)=C[C@H](Oc2ccccc2I)[C@H]1O. The van der Waals surface area contributed by atoms with Crippen LogP contribution >= 0.6 is 22.6 Å². The van der Waals surface area contributed by atoms with Gasteiger partial charge in [0.1, 0.15) is 18.0 Å². The predicted molar refractivity (Wildman–Crippen MR) is 163 cm³/mol. The molecule has 41 heavy (non-hydrogen) atoms. The van der Waals surface area contributed by atoms with E-state index in [0.717, 1.165) is 41.2 Å². The van der Waals surface area contributed by atoms with Gasteiger partial charge in [-0.3, -0.25) is 9.59 Å². The molecule has 0 aromatic heterocycles. The molecule has 0 saturated heterocycles. The zero-order valence-electron chi connectivity index (χ0n) is 23.4. The monoisotopic (exact) mass is 678 g/mol. The van der Waals surface area contributed by atoms with Gasteiger partial charge in [0.25, 0.3) is 0 Å². The number of amides is 2. The molecule has 2 aromatic rings. The molecule has 1 aliphatic carbocycles. The number of nitrogens with zero attached hydrogens (tertiary/aromatic N) is 1. The van der Waals surface area contributed by atoms with E-state index in [2.05, 4.69) is 34.8 Å². The van der Waals surface area contributed by atoms with Crippen molar-refractivity contribution in [3.05, 3.63) is 63.2 Å². The first-order valence-electron chi connectivity index (χ1n) is 14.3. The third-order valence-corrected chi connectivity index (χ3v) is 8.21. The molecule has 4 rings (SSSR count). The Morgan fingerprint density at radius 3 is 2.66 bits per heavy atom. The minimum Gasteiger partial charge on any atom is -0.482 e. The lowest BCUT2D eigenvalue weighted by Gasteiger charge is -2.40. The first-order valence-corrected chi connectivity index (χ1v) is 15.4. The molecule has 0 fully saturated rings. The van der Waals surface area contributed by atoms with E-state index in [1.807, 2.05) is 42.5 Å². The summed E-state index contributed by atoms with van der Waals surface area (Å²) in [6.45, 7) is 2.44. The summed E-state index contributed by atoms with van der Waals surface area (Å²) in [4.78, 5) is 28.5. The Bertz CT molecular complexity index is 1220. The number of rotatable bonds is 14. The third kappa shape index (κ3) is 8.36. The second-order valence-electron chi connectivity index (χ2n) is 10.3. The van der Waals surface area contributed by atoms with Crippen LogP contribution in [0.4, 0.5) is 0 Å². The Morgan fingerprint density at radius 1 is 1.10 bits per heavy atom. The zero-order valence-corrected chi connectivity index (χ0v) is 25.5. The molecule has 2 amide bonds. The van der Waals surface area contributed by atoms with Crippen LogP contribution in [0, 0.1) is 3.57 Å². The summed E-state index contributed by atoms with van der Waals surface area (Å²) in [6, 6.07) is 12.3. The fourth-order valence-electron chi connectivity index (χ4n) is 5.12. The highest BCUT2D eigenvalue weighted by molar-refractivity contribution is 14.1. The Kier molecular flexibility index (Phi) is 11.7. The number of aliphatic hydroxyl groups is 2. The average molecular weight is 679 g/mol. The summed E-state index contributed by atoms with van der Waals surface area (Å²) >= 11 is 2.16. The zero-order chi connectivity index (χ0) is 29.2. The maximum atomic E-state index is 13.8. The lowest BCUT2D eigenvalue weighted by atomic mass is 9.87. The van der Waals surface area contributed by atoms with Crippen molar-refractivity contribution in [1.82, 2.24) is 10.2 Å². The second-order valence-corrected chi connectivity index (χ2v) is 11.5. The number of benzene rings is 2.